The molecule has 146 valence electrons. The van der Waals surface area contributed by atoms with Crippen LogP contribution >= 0.6 is 0 Å². The molecule has 1 N–H and O–H groups in total. The van der Waals surface area contributed by atoms with E-state index in [1.165, 1.54) is 11.6 Å². The van der Waals surface area contributed by atoms with E-state index in [1.807, 2.05) is 6.07 Å². The van der Waals surface area contributed by atoms with E-state index in [2.05, 4.69) is 15.3 Å². The van der Waals surface area contributed by atoms with Crippen LogP contribution in [0.1, 0.15) is 37.3 Å². The minimum absolute atomic E-state index is 0.295. The molecule has 0 aliphatic heterocycles. The quantitative estimate of drug-likeness (QED) is 0.742. The summed E-state index contributed by atoms with van der Waals surface area (Å²) in [6.07, 6.45) is 9.39. The van der Waals surface area contributed by atoms with Crippen LogP contribution in [0.15, 0.2) is 40.3 Å². The second-order valence-corrected chi connectivity index (χ2v) is 7.50. The zero-order valence-corrected chi connectivity index (χ0v) is 16.1. The van der Waals surface area contributed by atoms with Crippen LogP contribution in [0.25, 0.3) is 11.0 Å². The van der Waals surface area contributed by atoms with Crippen LogP contribution in [-0.4, -0.2) is 30.6 Å². The summed E-state index contributed by atoms with van der Waals surface area (Å²) in [6, 6.07) is 3.75. The van der Waals surface area contributed by atoms with Gasteiger partial charge in [0.25, 0.3) is 5.56 Å². The van der Waals surface area contributed by atoms with Crippen molar-refractivity contribution < 1.29 is 0 Å². The summed E-state index contributed by atoms with van der Waals surface area (Å²) < 4.78 is 2.58. The highest BCUT2D eigenvalue weighted by Crippen LogP contribution is 2.35. The average Bonchev–Trinajstić information content (AvgIpc) is 2.75. The predicted molar refractivity (Wildman–Crippen MR) is 107 cm³/mol. The summed E-state index contributed by atoms with van der Waals surface area (Å²) in [4.78, 5) is 37.5. The smallest absolute Gasteiger partial charge is 0.332 e. The molecule has 0 amide bonds. The maximum absolute atomic E-state index is 12.3. The van der Waals surface area contributed by atoms with Crippen LogP contribution in [0.4, 0.5) is 5.82 Å². The number of nitrogens with one attached hydrogen (secondary N) is 1. The Labute approximate surface area is 162 Å². The highest BCUT2D eigenvalue weighted by atomic mass is 16.2. The van der Waals surface area contributed by atoms with Gasteiger partial charge in [-0.05, 0) is 43.7 Å². The largest absolute Gasteiger partial charge is 0.369 e. The van der Waals surface area contributed by atoms with Crippen LogP contribution in [0.5, 0.6) is 0 Å². The molecule has 1 aliphatic rings. The van der Waals surface area contributed by atoms with Gasteiger partial charge in [-0.2, -0.15) is 0 Å². The molecule has 3 aromatic heterocycles. The molecule has 0 saturated heterocycles. The molecule has 1 fully saturated rings. The van der Waals surface area contributed by atoms with Crippen molar-refractivity contribution in [2.45, 2.75) is 31.6 Å². The summed E-state index contributed by atoms with van der Waals surface area (Å²) in [7, 11) is 3.16. The molecule has 0 aromatic carbocycles. The zero-order chi connectivity index (χ0) is 19.7. The van der Waals surface area contributed by atoms with Crippen molar-refractivity contribution in [3.8, 4) is 0 Å². The van der Waals surface area contributed by atoms with Gasteiger partial charge in [-0.15, -0.1) is 0 Å². The molecular formula is C20H24N6O2. The molecule has 8 heteroatoms. The van der Waals surface area contributed by atoms with Crippen molar-refractivity contribution in [3.05, 3.63) is 57.3 Å². The Morgan fingerprint density at radius 2 is 1.86 bits per heavy atom. The topological polar surface area (TPSA) is 94.7 Å². The molecule has 1 aliphatic carbocycles. The first kappa shape index (κ1) is 18.3. The summed E-state index contributed by atoms with van der Waals surface area (Å²) in [6.45, 7) is 0.890. The Morgan fingerprint density at radius 1 is 1.07 bits per heavy atom. The Bertz CT molecular complexity index is 1100. The van der Waals surface area contributed by atoms with Gasteiger partial charge in [0.2, 0.25) is 0 Å². The number of rotatable bonds is 4. The summed E-state index contributed by atoms with van der Waals surface area (Å²) >= 11 is 0. The van der Waals surface area contributed by atoms with Gasteiger partial charge in [0.05, 0.1) is 11.6 Å². The lowest BCUT2D eigenvalue weighted by Gasteiger charge is -2.28. The highest BCUT2D eigenvalue weighted by molar-refractivity contribution is 5.74. The Hall–Kier alpha value is -3.03. The third-order valence-electron chi connectivity index (χ3n) is 5.72. The number of nitrogens with zero attached hydrogens (tertiary/aromatic N) is 5. The molecule has 0 spiro atoms. The monoisotopic (exact) mass is 380 g/mol. The maximum Gasteiger partial charge on any atom is 0.332 e. The van der Waals surface area contributed by atoms with Crippen molar-refractivity contribution in [1.82, 2.24) is 24.1 Å². The van der Waals surface area contributed by atoms with Gasteiger partial charge in [0.15, 0.2) is 0 Å². The van der Waals surface area contributed by atoms with E-state index in [9.17, 15) is 9.59 Å². The van der Waals surface area contributed by atoms with Gasteiger partial charge in [-0.3, -0.25) is 18.9 Å². The molecule has 0 radical (unpaired) electrons. The normalized spacial score (nSPS) is 19.6. The maximum atomic E-state index is 12.3. The summed E-state index contributed by atoms with van der Waals surface area (Å²) in [5.41, 5.74) is 0.796. The number of aromatic nitrogens is 5. The number of aryl methyl sites for hydroxylation is 1. The van der Waals surface area contributed by atoms with Gasteiger partial charge >= 0.3 is 5.69 Å². The zero-order valence-electron chi connectivity index (χ0n) is 16.1. The van der Waals surface area contributed by atoms with Gasteiger partial charge < -0.3 is 5.32 Å². The van der Waals surface area contributed by atoms with Gasteiger partial charge in [0.1, 0.15) is 11.5 Å². The second kappa shape index (κ2) is 7.53. The predicted octanol–water partition coefficient (Wildman–Crippen LogP) is 1.81. The van der Waals surface area contributed by atoms with Crippen LogP contribution in [-0.2, 0) is 14.1 Å². The highest BCUT2D eigenvalue weighted by Gasteiger charge is 2.24. The lowest BCUT2D eigenvalue weighted by Crippen LogP contribution is -2.37. The number of anilines is 1. The number of fused-ring (bicyclic) bond motifs is 1. The summed E-state index contributed by atoms with van der Waals surface area (Å²) in [5, 5.41) is 3.84. The number of pyridine rings is 1. The van der Waals surface area contributed by atoms with Gasteiger partial charge in [-0.25, -0.2) is 14.8 Å². The lowest BCUT2D eigenvalue weighted by atomic mass is 9.80. The van der Waals surface area contributed by atoms with E-state index in [0.717, 1.165) is 48.3 Å². The third kappa shape index (κ3) is 3.42. The van der Waals surface area contributed by atoms with Gasteiger partial charge in [0, 0.05) is 44.6 Å². The fourth-order valence-electron chi connectivity index (χ4n) is 4.00. The molecule has 4 rings (SSSR count). The minimum Gasteiger partial charge on any atom is -0.369 e. The van der Waals surface area contributed by atoms with Crippen molar-refractivity contribution in [2.75, 3.05) is 11.9 Å². The fourth-order valence-corrected chi connectivity index (χ4v) is 4.00. The molecule has 28 heavy (non-hydrogen) atoms. The number of hydrogen-bond acceptors (Lipinski definition) is 6. The molecule has 1 saturated carbocycles. The van der Waals surface area contributed by atoms with E-state index in [1.54, 1.807) is 31.7 Å². The molecule has 3 aromatic rings. The first-order valence-electron chi connectivity index (χ1n) is 9.61. The lowest BCUT2D eigenvalue weighted by molar-refractivity contribution is 0.335. The molecule has 0 unspecified atom stereocenters. The van der Waals surface area contributed by atoms with Crippen molar-refractivity contribution in [1.29, 1.82) is 0 Å². The van der Waals surface area contributed by atoms with Crippen molar-refractivity contribution in [2.24, 2.45) is 20.0 Å². The Morgan fingerprint density at radius 3 is 2.57 bits per heavy atom. The Balaban J connectivity index is 1.47. The van der Waals surface area contributed by atoms with E-state index in [-0.39, 0.29) is 11.2 Å². The van der Waals surface area contributed by atoms with Crippen LogP contribution < -0.4 is 16.6 Å². The van der Waals surface area contributed by atoms with Crippen molar-refractivity contribution in [3.63, 3.8) is 0 Å². The molecule has 8 nitrogen and oxygen atoms in total. The minimum atomic E-state index is -0.346. The molecule has 0 atom stereocenters. The van der Waals surface area contributed by atoms with E-state index < -0.39 is 0 Å². The molecular weight excluding hydrogens is 356 g/mol. The second-order valence-electron chi connectivity index (χ2n) is 7.50. The third-order valence-corrected chi connectivity index (χ3v) is 5.72. The van der Waals surface area contributed by atoms with Crippen molar-refractivity contribution >= 4 is 16.9 Å². The first-order valence-corrected chi connectivity index (χ1v) is 9.61. The Kier molecular flexibility index (Phi) is 4.93. The SMILES string of the molecule is Cn1c(=O)c2ccc(C3CCC(CNc4cnccn4)CC3)nc2n(C)c1=O. The summed E-state index contributed by atoms with van der Waals surface area (Å²) in [5.74, 6) is 1.76. The van der Waals surface area contributed by atoms with Gasteiger partial charge in [-0.1, -0.05) is 0 Å². The van der Waals surface area contributed by atoms with Crippen LogP contribution in [0.3, 0.4) is 0 Å². The average molecular weight is 380 g/mol. The van der Waals surface area contributed by atoms with E-state index in [4.69, 9.17) is 4.98 Å². The molecule has 0 bridgehead atoms. The first-order chi connectivity index (χ1) is 13.5. The van der Waals surface area contributed by atoms with E-state index in [0.29, 0.717) is 22.9 Å². The van der Waals surface area contributed by atoms with E-state index >= 15 is 0 Å². The van der Waals surface area contributed by atoms with Crippen LogP contribution in [0, 0.1) is 5.92 Å². The standard InChI is InChI=1S/C20H24N6O2/c1-25-18-15(19(27)26(2)20(25)28)7-8-16(24-18)14-5-3-13(4-6-14)11-23-17-12-21-9-10-22-17/h7-10,12-14H,3-6,11H2,1-2H3,(H,22,23). The molecule has 3 heterocycles. The fraction of sp³-hybridized carbons (Fsp3) is 0.450. The number of hydrogen-bond donors (Lipinski definition) is 1. The van der Waals surface area contributed by atoms with Crippen LogP contribution in [0.2, 0.25) is 0 Å².